The van der Waals surface area contributed by atoms with Gasteiger partial charge < -0.3 is 9.80 Å². The molecule has 3 saturated heterocycles. The molecule has 3 aliphatic rings. The second-order valence-corrected chi connectivity index (χ2v) is 9.07. The largest absolute Gasteiger partial charge is 0.337 e. The van der Waals surface area contributed by atoms with E-state index in [1.807, 2.05) is 11.8 Å². The van der Waals surface area contributed by atoms with E-state index in [0.717, 1.165) is 32.6 Å². The highest BCUT2D eigenvalue weighted by Crippen LogP contribution is 2.33. The van der Waals surface area contributed by atoms with Gasteiger partial charge in [-0.05, 0) is 45.2 Å². The summed E-state index contributed by atoms with van der Waals surface area (Å²) in [6.45, 7) is 6.42. The van der Waals surface area contributed by atoms with Crippen molar-refractivity contribution in [3.63, 3.8) is 0 Å². The molecule has 1 amide bonds. The maximum atomic E-state index is 12.5. The van der Waals surface area contributed by atoms with Gasteiger partial charge in [-0.1, -0.05) is 6.92 Å². The topological polar surface area (TPSA) is 60.9 Å². The highest BCUT2D eigenvalue weighted by Gasteiger charge is 2.46. The van der Waals surface area contributed by atoms with Crippen molar-refractivity contribution >= 4 is 15.9 Å². The molecule has 23 heavy (non-hydrogen) atoms. The van der Waals surface area contributed by atoms with Crippen molar-refractivity contribution in [2.24, 2.45) is 0 Å². The molecule has 0 saturated carbocycles. The van der Waals surface area contributed by atoms with Crippen LogP contribution in [0.3, 0.4) is 0 Å². The number of rotatable bonds is 6. The number of nitrogens with zero attached hydrogens (tertiary/aromatic N) is 3. The number of fused-ring (bicyclic) bond motifs is 1. The van der Waals surface area contributed by atoms with Gasteiger partial charge in [0.05, 0.1) is 5.75 Å². The lowest BCUT2D eigenvalue weighted by Gasteiger charge is -2.40. The summed E-state index contributed by atoms with van der Waals surface area (Å²) in [4.78, 5) is 16.8. The van der Waals surface area contributed by atoms with Crippen LogP contribution in [0.25, 0.3) is 0 Å². The Labute approximate surface area is 139 Å². The van der Waals surface area contributed by atoms with E-state index in [4.69, 9.17) is 0 Å². The standard InChI is InChI=1S/C16H29N3O3S/c1-2-13-23(21,22)19-10-7-14-15(19)5-6-16(20)18(14)12-11-17-8-3-4-9-17/h14-15H,2-13H2,1H3/t14-,15-/m0/s1. The van der Waals surface area contributed by atoms with Crippen molar-refractivity contribution in [3.05, 3.63) is 0 Å². The first-order chi connectivity index (χ1) is 11.0. The van der Waals surface area contributed by atoms with Crippen LogP contribution in [0.2, 0.25) is 0 Å². The van der Waals surface area contributed by atoms with Crippen LogP contribution in [-0.4, -0.2) is 79.0 Å². The van der Waals surface area contributed by atoms with Gasteiger partial charge in [-0.2, -0.15) is 4.31 Å². The number of carbonyl (C=O) groups excluding carboxylic acids is 1. The van der Waals surface area contributed by atoms with Gasteiger partial charge in [-0.15, -0.1) is 0 Å². The first-order valence-electron chi connectivity index (χ1n) is 9.04. The molecular formula is C16H29N3O3S. The van der Waals surface area contributed by atoms with E-state index in [-0.39, 0.29) is 23.7 Å². The Morgan fingerprint density at radius 2 is 1.78 bits per heavy atom. The van der Waals surface area contributed by atoms with E-state index >= 15 is 0 Å². The molecule has 3 rings (SSSR count). The zero-order chi connectivity index (χ0) is 16.4. The minimum Gasteiger partial charge on any atom is -0.337 e. The van der Waals surface area contributed by atoms with Gasteiger partial charge in [-0.3, -0.25) is 4.79 Å². The molecule has 0 bridgehead atoms. The maximum Gasteiger partial charge on any atom is 0.222 e. The second kappa shape index (κ2) is 7.07. The Balaban J connectivity index is 1.66. The number of amides is 1. The van der Waals surface area contributed by atoms with Crippen molar-refractivity contribution in [1.29, 1.82) is 0 Å². The van der Waals surface area contributed by atoms with Crippen LogP contribution in [0.1, 0.15) is 45.4 Å². The smallest absolute Gasteiger partial charge is 0.222 e. The number of piperidine rings is 1. The molecule has 0 N–H and O–H groups in total. The van der Waals surface area contributed by atoms with Gasteiger partial charge in [0.25, 0.3) is 0 Å². The first-order valence-corrected chi connectivity index (χ1v) is 10.6. The summed E-state index contributed by atoms with van der Waals surface area (Å²) in [6.07, 6.45) is 5.12. The normalized spacial score (nSPS) is 30.1. The number of hydrogen-bond acceptors (Lipinski definition) is 4. The third-order valence-electron chi connectivity index (χ3n) is 5.51. The van der Waals surface area contributed by atoms with Gasteiger partial charge in [0.1, 0.15) is 0 Å². The summed E-state index contributed by atoms with van der Waals surface area (Å²) in [5.41, 5.74) is 0. The predicted octanol–water partition coefficient (Wildman–Crippen LogP) is 0.887. The number of carbonyl (C=O) groups is 1. The van der Waals surface area contributed by atoms with E-state index < -0.39 is 10.0 Å². The van der Waals surface area contributed by atoms with Gasteiger partial charge >= 0.3 is 0 Å². The van der Waals surface area contributed by atoms with Crippen molar-refractivity contribution < 1.29 is 13.2 Å². The third kappa shape index (κ3) is 3.56. The quantitative estimate of drug-likeness (QED) is 0.718. The SMILES string of the molecule is CCCS(=O)(=O)N1CC[C@H]2[C@@H]1CCC(=O)N2CCN1CCCC1. The zero-order valence-electron chi connectivity index (χ0n) is 14.1. The average molecular weight is 343 g/mol. The summed E-state index contributed by atoms with van der Waals surface area (Å²) in [7, 11) is -3.17. The molecule has 2 atom stereocenters. The fourth-order valence-electron chi connectivity index (χ4n) is 4.38. The molecule has 0 aromatic rings. The molecule has 0 aromatic heterocycles. The van der Waals surface area contributed by atoms with Gasteiger partial charge in [0, 0.05) is 38.1 Å². The zero-order valence-corrected chi connectivity index (χ0v) is 14.9. The fraction of sp³-hybridized carbons (Fsp3) is 0.938. The first kappa shape index (κ1) is 17.2. The predicted molar refractivity (Wildman–Crippen MR) is 89.6 cm³/mol. The van der Waals surface area contributed by atoms with E-state index in [9.17, 15) is 13.2 Å². The highest BCUT2D eigenvalue weighted by atomic mass is 32.2. The summed E-state index contributed by atoms with van der Waals surface area (Å²) in [5.74, 6) is 0.429. The van der Waals surface area contributed by atoms with Crippen LogP contribution in [0.15, 0.2) is 0 Å². The van der Waals surface area contributed by atoms with Crippen molar-refractivity contribution in [2.75, 3.05) is 38.5 Å². The van der Waals surface area contributed by atoms with Crippen LogP contribution in [0, 0.1) is 0 Å². The molecule has 6 nitrogen and oxygen atoms in total. The molecule has 0 spiro atoms. The number of hydrogen-bond donors (Lipinski definition) is 0. The lowest BCUT2D eigenvalue weighted by atomic mass is 9.97. The Hall–Kier alpha value is -0.660. The van der Waals surface area contributed by atoms with Crippen LogP contribution in [0.5, 0.6) is 0 Å². The maximum absolute atomic E-state index is 12.5. The van der Waals surface area contributed by atoms with Crippen molar-refractivity contribution in [1.82, 2.24) is 14.1 Å². The van der Waals surface area contributed by atoms with Crippen LogP contribution in [0.4, 0.5) is 0 Å². The van der Waals surface area contributed by atoms with E-state index in [1.54, 1.807) is 4.31 Å². The third-order valence-corrected chi connectivity index (χ3v) is 7.60. The Bertz CT molecular complexity index is 531. The minimum atomic E-state index is -3.17. The lowest BCUT2D eigenvalue weighted by molar-refractivity contribution is -0.137. The van der Waals surface area contributed by atoms with Crippen LogP contribution >= 0.6 is 0 Å². The van der Waals surface area contributed by atoms with Crippen LogP contribution < -0.4 is 0 Å². The summed E-state index contributed by atoms with van der Waals surface area (Å²) >= 11 is 0. The summed E-state index contributed by atoms with van der Waals surface area (Å²) in [6, 6.07) is 0.0910. The van der Waals surface area contributed by atoms with E-state index in [0.29, 0.717) is 25.8 Å². The monoisotopic (exact) mass is 343 g/mol. The van der Waals surface area contributed by atoms with Crippen molar-refractivity contribution in [2.45, 2.75) is 57.5 Å². The molecule has 0 aliphatic carbocycles. The fourth-order valence-corrected chi connectivity index (χ4v) is 6.17. The molecule has 3 heterocycles. The van der Waals surface area contributed by atoms with Crippen molar-refractivity contribution in [3.8, 4) is 0 Å². The molecule has 7 heteroatoms. The Morgan fingerprint density at radius 1 is 1.04 bits per heavy atom. The van der Waals surface area contributed by atoms with Gasteiger partial charge in [0.15, 0.2) is 0 Å². The summed E-state index contributed by atoms with van der Waals surface area (Å²) in [5, 5.41) is 0. The number of sulfonamides is 1. The molecule has 0 aromatic carbocycles. The highest BCUT2D eigenvalue weighted by molar-refractivity contribution is 7.89. The van der Waals surface area contributed by atoms with Gasteiger partial charge in [-0.25, -0.2) is 8.42 Å². The second-order valence-electron chi connectivity index (χ2n) is 7.02. The van der Waals surface area contributed by atoms with E-state index in [1.165, 1.54) is 12.8 Å². The molecule has 3 aliphatic heterocycles. The number of likely N-dealkylation sites (tertiary alicyclic amines) is 2. The molecule has 132 valence electrons. The molecule has 0 unspecified atom stereocenters. The summed E-state index contributed by atoms with van der Waals surface area (Å²) < 4.78 is 26.6. The minimum absolute atomic E-state index is 0.00262. The Kier molecular flexibility index (Phi) is 5.28. The van der Waals surface area contributed by atoms with Crippen LogP contribution in [-0.2, 0) is 14.8 Å². The van der Waals surface area contributed by atoms with E-state index in [2.05, 4.69) is 4.90 Å². The Morgan fingerprint density at radius 3 is 2.48 bits per heavy atom. The average Bonchev–Trinajstić information content (AvgIpc) is 3.15. The van der Waals surface area contributed by atoms with Gasteiger partial charge in [0.2, 0.25) is 15.9 Å². The lowest BCUT2D eigenvalue weighted by Crippen LogP contribution is -2.54. The molecule has 3 fully saturated rings. The molecular weight excluding hydrogens is 314 g/mol. The molecule has 0 radical (unpaired) electrons.